The lowest BCUT2D eigenvalue weighted by atomic mass is 9.98. The van der Waals surface area contributed by atoms with Crippen molar-refractivity contribution >= 4 is 18.0 Å². The molecule has 3 unspecified atom stereocenters. The maximum Gasteiger partial charge on any atom is 0.407 e. The summed E-state index contributed by atoms with van der Waals surface area (Å²) in [6, 6.07) is 15.6. The average Bonchev–Trinajstić information content (AvgIpc) is 3.08. The fourth-order valence-electron chi connectivity index (χ4n) is 4.00. The van der Waals surface area contributed by atoms with Crippen molar-refractivity contribution in [3.63, 3.8) is 0 Å². The molecule has 1 aliphatic rings. The summed E-state index contributed by atoms with van der Waals surface area (Å²) in [4.78, 5) is 35.6. The number of hydrogen-bond donors (Lipinski definition) is 4. The second-order valence-corrected chi connectivity index (χ2v) is 8.83. The van der Waals surface area contributed by atoms with E-state index in [2.05, 4.69) is 22.8 Å². The van der Waals surface area contributed by atoms with Gasteiger partial charge in [0.1, 0.15) is 6.61 Å². The second-order valence-electron chi connectivity index (χ2n) is 8.83. The second kappa shape index (κ2) is 10.0. The maximum atomic E-state index is 12.4. The van der Waals surface area contributed by atoms with Gasteiger partial charge in [-0.25, -0.2) is 4.79 Å². The summed E-state index contributed by atoms with van der Waals surface area (Å²) in [5.74, 6) is -2.25. The number of alkyl carbamates (subject to hydrolysis) is 1. The van der Waals surface area contributed by atoms with E-state index in [1.54, 1.807) is 13.8 Å². The van der Waals surface area contributed by atoms with Crippen molar-refractivity contribution < 1.29 is 29.3 Å². The van der Waals surface area contributed by atoms with Crippen molar-refractivity contribution in [2.45, 2.75) is 44.8 Å². The lowest BCUT2D eigenvalue weighted by Gasteiger charge is -2.25. The van der Waals surface area contributed by atoms with Crippen LogP contribution in [0, 0.1) is 5.92 Å². The number of rotatable bonds is 9. The fraction of sp³-hybridized carbons (Fsp3) is 0.400. The van der Waals surface area contributed by atoms with Crippen molar-refractivity contribution in [2.75, 3.05) is 13.2 Å². The van der Waals surface area contributed by atoms with E-state index in [-0.39, 0.29) is 19.1 Å². The number of carboxylic acid groups (broad SMARTS) is 1. The average molecular weight is 455 g/mol. The summed E-state index contributed by atoms with van der Waals surface area (Å²) in [6.07, 6.45) is -1.11. The van der Waals surface area contributed by atoms with Gasteiger partial charge in [0.15, 0.2) is 0 Å². The number of aliphatic carboxylic acids is 1. The van der Waals surface area contributed by atoms with Gasteiger partial charge < -0.3 is 25.6 Å². The van der Waals surface area contributed by atoms with E-state index < -0.39 is 42.0 Å². The molecular weight excluding hydrogens is 424 g/mol. The number of aliphatic hydroxyl groups is 1. The lowest BCUT2D eigenvalue weighted by molar-refractivity contribution is -0.142. The van der Waals surface area contributed by atoms with Crippen molar-refractivity contribution in [3.8, 4) is 11.1 Å². The Balaban J connectivity index is 1.53. The molecule has 0 fully saturated rings. The molecule has 0 spiro atoms. The molecule has 4 N–H and O–H groups in total. The molecular formula is C25H30N2O6. The number of nitrogens with one attached hydrogen (secondary N) is 2. The molecule has 176 valence electrons. The number of carboxylic acids is 1. The van der Waals surface area contributed by atoms with Gasteiger partial charge in [0, 0.05) is 18.5 Å². The Bertz CT molecular complexity index is 990. The van der Waals surface area contributed by atoms with Gasteiger partial charge in [-0.2, -0.15) is 0 Å². The van der Waals surface area contributed by atoms with Gasteiger partial charge in [-0.3, -0.25) is 9.59 Å². The Kier molecular flexibility index (Phi) is 7.38. The van der Waals surface area contributed by atoms with E-state index in [9.17, 15) is 19.5 Å². The molecule has 0 bridgehead atoms. The van der Waals surface area contributed by atoms with E-state index in [1.807, 2.05) is 36.4 Å². The molecule has 8 nitrogen and oxygen atoms in total. The van der Waals surface area contributed by atoms with Crippen LogP contribution in [-0.4, -0.2) is 53.0 Å². The maximum absolute atomic E-state index is 12.4. The van der Waals surface area contributed by atoms with Crippen LogP contribution in [0.4, 0.5) is 4.79 Å². The van der Waals surface area contributed by atoms with E-state index in [1.165, 1.54) is 6.92 Å². The first-order chi connectivity index (χ1) is 15.6. The Labute approximate surface area is 193 Å². The number of hydrogen-bond acceptors (Lipinski definition) is 5. The standard InChI is InChI=1S/C25H30N2O6/c1-15(23(30)26-14-25(3,32)12-22(28)29)16(2)27-24(31)33-13-21-19-10-6-4-8-17(19)18-9-5-7-11-20(18)21/h4-11,15-16,21,32H,12-14H2,1-3H3,(H,26,30)(H,27,31)(H,28,29). The molecule has 3 rings (SSSR count). The third-order valence-electron chi connectivity index (χ3n) is 6.03. The minimum atomic E-state index is -1.56. The van der Waals surface area contributed by atoms with Crippen LogP contribution in [0.15, 0.2) is 48.5 Å². The molecule has 2 amide bonds. The minimum Gasteiger partial charge on any atom is -0.481 e. The molecule has 33 heavy (non-hydrogen) atoms. The molecule has 0 radical (unpaired) electrons. The highest BCUT2D eigenvalue weighted by Crippen LogP contribution is 2.44. The number of fused-ring (bicyclic) bond motifs is 3. The number of carbonyl (C=O) groups is 3. The number of amides is 2. The number of ether oxygens (including phenoxy) is 1. The first-order valence-electron chi connectivity index (χ1n) is 10.9. The predicted molar refractivity (Wildman–Crippen MR) is 123 cm³/mol. The smallest absolute Gasteiger partial charge is 0.407 e. The minimum absolute atomic E-state index is 0.0596. The molecule has 2 aromatic carbocycles. The van der Waals surface area contributed by atoms with Gasteiger partial charge in [-0.15, -0.1) is 0 Å². The summed E-state index contributed by atoms with van der Waals surface area (Å²) in [5.41, 5.74) is 2.94. The predicted octanol–water partition coefficient (Wildman–Crippen LogP) is 2.89. The van der Waals surface area contributed by atoms with Crippen LogP contribution >= 0.6 is 0 Å². The monoisotopic (exact) mass is 454 g/mol. The van der Waals surface area contributed by atoms with Crippen LogP contribution in [0.5, 0.6) is 0 Å². The van der Waals surface area contributed by atoms with Crippen LogP contribution in [0.3, 0.4) is 0 Å². The van der Waals surface area contributed by atoms with Crippen LogP contribution in [0.2, 0.25) is 0 Å². The van der Waals surface area contributed by atoms with Gasteiger partial charge >= 0.3 is 12.1 Å². The number of carbonyl (C=O) groups excluding carboxylic acids is 2. The molecule has 2 aromatic rings. The van der Waals surface area contributed by atoms with Crippen LogP contribution < -0.4 is 10.6 Å². The zero-order valence-electron chi connectivity index (χ0n) is 19.0. The normalized spacial score (nSPS) is 16.0. The molecule has 3 atom stereocenters. The zero-order valence-corrected chi connectivity index (χ0v) is 19.0. The first-order valence-corrected chi connectivity index (χ1v) is 10.9. The third kappa shape index (κ3) is 5.90. The van der Waals surface area contributed by atoms with Crippen molar-refractivity contribution in [1.82, 2.24) is 10.6 Å². The lowest BCUT2D eigenvalue weighted by Crippen LogP contribution is -2.48. The van der Waals surface area contributed by atoms with E-state index in [4.69, 9.17) is 9.84 Å². The highest BCUT2D eigenvalue weighted by Gasteiger charge is 2.30. The van der Waals surface area contributed by atoms with Crippen LogP contribution in [-0.2, 0) is 14.3 Å². The molecule has 0 saturated carbocycles. The Morgan fingerprint density at radius 1 is 1.03 bits per heavy atom. The molecule has 0 aliphatic heterocycles. The zero-order chi connectivity index (χ0) is 24.2. The summed E-state index contributed by atoms with van der Waals surface area (Å²) in [5, 5.41) is 24.1. The first kappa shape index (κ1) is 24.3. The topological polar surface area (TPSA) is 125 Å². The van der Waals surface area contributed by atoms with Gasteiger partial charge in [0.25, 0.3) is 0 Å². The highest BCUT2D eigenvalue weighted by molar-refractivity contribution is 5.81. The third-order valence-corrected chi connectivity index (χ3v) is 6.03. The quantitative estimate of drug-likeness (QED) is 0.462. The summed E-state index contributed by atoms with van der Waals surface area (Å²) in [6.45, 7) is 4.62. The van der Waals surface area contributed by atoms with E-state index in [0.29, 0.717) is 0 Å². The Morgan fingerprint density at radius 3 is 2.12 bits per heavy atom. The number of benzene rings is 2. The fourth-order valence-corrected chi connectivity index (χ4v) is 4.00. The summed E-state index contributed by atoms with van der Waals surface area (Å²) in [7, 11) is 0. The summed E-state index contributed by atoms with van der Waals surface area (Å²) < 4.78 is 5.51. The largest absolute Gasteiger partial charge is 0.481 e. The van der Waals surface area contributed by atoms with E-state index >= 15 is 0 Å². The molecule has 0 saturated heterocycles. The van der Waals surface area contributed by atoms with Crippen molar-refractivity contribution in [3.05, 3.63) is 59.7 Å². The summed E-state index contributed by atoms with van der Waals surface area (Å²) >= 11 is 0. The van der Waals surface area contributed by atoms with E-state index in [0.717, 1.165) is 22.3 Å². The Hall–Kier alpha value is -3.39. The Morgan fingerprint density at radius 2 is 1.58 bits per heavy atom. The van der Waals surface area contributed by atoms with Gasteiger partial charge in [0.05, 0.1) is 17.9 Å². The van der Waals surface area contributed by atoms with Crippen LogP contribution in [0.1, 0.15) is 44.2 Å². The molecule has 1 aliphatic carbocycles. The van der Waals surface area contributed by atoms with Gasteiger partial charge in [-0.05, 0) is 36.1 Å². The van der Waals surface area contributed by atoms with Crippen molar-refractivity contribution in [1.29, 1.82) is 0 Å². The molecule has 0 aromatic heterocycles. The molecule has 0 heterocycles. The van der Waals surface area contributed by atoms with Crippen LogP contribution in [0.25, 0.3) is 11.1 Å². The van der Waals surface area contributed by atoms with Crippen molar-refractivity contribution in [2.24, 2.45) is 5.92 Å². The highest BCUT2D eigenvalue weighted by atomic mass is 16.5. The molecule has 8 heteroatoms. The van der Waals surface area contributed by atoms with Gasteiger partial charge in [-0.1, -0.05) is 55.5 Å². The van der Waals surface area contributed by atoms with Gasteiger partial charge in [0.2, 0.25) is 5.91 Å². The SMILES string of the molecule is CC(NC(=O)OCC1c2ccccc2-c2ccccc21)C(C)C(=O)NCC(C)(O)CC(=O)O.